The van der Waals surface area contributed by atoms with Crippen molar-refractivity contribution in [1.29, 1.82) is 0 Å². The van der Waals surface area contributed by atoms with Gasteiger partial charge in [-0.25, -0.2) is 0 Å². The molecular weight excluding hydrogens is 264 g/mol. The summed E-state index contributed by atoms with van der Waals surface area (Å²) in [6.07, 6.45) is 13.8. The number of thioether (sulfide) groups is 1. The first-order valence-electron chi connectivity index (χ1n) is 9.07. The Bertz CT molecular complexity index is 366. The third-order valence-corrected chi connectivity index (χ3v) is 9.02. The van der Waals surface area contributed by atoms with Gasteiger partial charge in [0.1, 0.15) is 0 Å². The number of rotatable bonds is 1. The summed E-state index contributed by atoms with van der Waals surface area (Å²) in [4.78, 5) is 0. The summed E-state index contributed by atoms with van der Waals surface area (Å²) in [5.74, 6) is 4.53. The van der Waals surface area contributed by atoms with Crippen molar-refractivity contribution in [2.45, 2.75) is 80.3 Å². The molecule has 0 spiro atoms. The van der Waals surface area contributed by atoms with E-state index in [1.807, 2.05) is 0 Å². The average molecular weight is 292 g/mol. The maximum Gasteiger partial charge on any atom is 0.0702 e. The first-order chi connectivity index (χ1) is 9.69. The van der Waals surface area contributed by atoms with Gasteiger partial charge in [-0.05, 0) is 87.4 Å². The standard InChI is InChI=1S/C18H28OS/c19-18(9-15-2-1-3-16(10-18)20-15)17-13-5-11-4-12(7-13)8-14(17)6-11/h11-17,19H,1-10H2. The Balaban J connectivity index is 1.44. The maximum atomic E-state index is 11.6. The molecule has 1 nitrogen and oxygen atoms in total. The van der Waals surface area contributed by atoms with E-state index in [1.165, 1.54) is 51.4 Å². The third-order valence-electron chi connectivity index (χ3n) is 7.45. The fraction of sp³-hybridized carbons (Fsp3) is 1.00. The molecule has 0 amide bonds. The van der Waals surface area contributed by atoms with Crippen LogP contribution in [0.15, 0.2) is 0 Å². The molecule has 2 aliphatic heterocycles. The molecule has 2 atom stereocenters. The van der Waals surface area contributed by atoms with Crippen LogP contribution in [0.3, 0.4) is 0 Å². The quantitative estimate of drug-likeness (QED) is 0.780. The highest BCUT2D eigenvalue weighted by Gasteiger charge is 2.57. The molecule has 1 N–H and O–H groups in total. The minimum atomic E-state index is -0.274. The van der Waals surface area contributed by atoms with E-state index in [9.17, 15) is 5.11 Å². The summed E-state index contributed by atoms with van der Waals surface area (Å²) in [5, 5.41) is 13.2. The van der Waals surface area contributed by atoms with E-state index in [4.69, 9.17) is 0 Å². The SMILES string of the molecule is OC1(C2C3CC4CC(C3)CC2C4)CC2CCCC(C1)S2. The van der Waals surface area contributed by atoms with Crippen molar-refractivity contribution in [2.24, 2.45) is 29.6 Å². The van der Waals surface area contributed by atoms with Gasteiger partial charge in [-0.1, -0.05) is 6.42 Å². The molecular formula is C18H28OS. The first kappa shape index (κ1) is 12.8. The summed E-state index contributed by atoms with van der Waals surface area (Å²) in [6.45, 7) is 0. The molecule has 6 aliphatic rings. The van der Waals surface area contributed by atoms with Crippen LogP contribution in [0.1, 0.15) is 64.2 Å². The van der Waals surface area contributed by atoms with Gasteiger partial charge in [-0.2, -0.15) is 11.8 Å². The van der Waals surface area contributed by atoms with Crippen LogP contribution in [0.4, 0.5) is 0 Å². The van der Waals surface area contributed by atoms with Gasteiger partial charge in [-0.15, -0.1) is 0 Å². The summed E-state index contributed by atoms with van der Waals surface area (Å²) in [5.41, 5.74) is -0.274. The second-order valence-electron chi connectivity index (χ2n) is 8.78. The number of hydrogen-bond donors (Lipinski definition) is 1. The van der Waals surface area contributed by atoms with Crippen LogP contribution >= 0.6 is 11.8 Å². The molecule has 20 heavy (non-hydrogen) atoms. The smallest absolute Gasteiger partial charge is 0.0702 e. The Labute approximate surface area is 127 Å². The van der Waals surface area contributed by atoms with Crippen molar-refractivity contribution in [3.63, 3.8) is 0 Å². The Morgan fingerprint density at radius 1 is 0.800 bits per heavy atom. The molecule has 0 aromatic rings. The molecule has 112 valence electrons. The van der Waals surface area contributed by atoms with Gasteiger partial charge in [0.2, 0.25) is 0 Å². The molecule has 0 aromatic carbocycles. The molecule has 2 saturated heterocycles. The van der Waals surface area contributed by atoms with Gasteiger partial charge in [0.25, 0.3) is 0 Å². The fourth-order valence-electron chi connectivity index (χ4n) is 7.23. The molecule has 2 heterocycles. The van der Waals surface area contributed by atoms with Crippen molar-refractivity contribution in [1.82, 2.24) is 0 Å². The molecule has 0 radical (unpaired) electrons. The number of aliphatic hydroxyl groups is 1. The maximum absolute atomic E-state index is 11.6. The Morgan fingerprint density at radius 3 is 1.90 bits per heavy atom. The van der Waals surface area contributed by atoms with Crippen LogP contribution in [-0.2, 0) is 0 Å². The lowest BCUT2D eigenvalue weighted by molar-refractivity contribution is -0.152. The monoisotopic (exact) mass is 292 g/mol. The number of fused-ring (bicyclic) bond motifs is 2. The van der Waals surface area contributed by atoms with E-state index in [0.717, 1.165) is 47.0 Å². The van der Waals surface area contributed by atoms with E-state index in [0.29, 0.717) is 5.92 Å². The van der Waals surface area contributed by atoms with E-state index in [1.54, 1.807) is 0 Å². The van der Waals surface area contributed by atoms with Crippen LogP contribution in [0.25, 0.3) is 0 Å². The van der Waals surface area contributed by atoms with Crippen LogP contribution in [0, 0.1) is 29.6 Å². The van der Waals surface area contributed by atoms with Gasteiger partial charge < -0.3 is 5.11 Å². The highest BCUT2D eigenvalue weighted by molar-refractivity contribution is 8.00. The summed E-state index contributed by atoms with van der Waals surface area (Å²) in [7, 11) is 0. The average Bonchev–Trinajstić information content (AvgIpc) is 2.36. The molecule has 4 aliphatic carbocycles. The van der Waals surface area contributed by atoms with Crippen LogP contribution in [0.5, 0.6) is 0 Å². The second kappa shape index (κ2) is 4.41. The molecule has 6 bridgehead atoms. The van der Waals surface area contributed by atoms with Crippen molar-refractivity contribution >= 4 is 11.8 Å². The zero-order valence-electron chi connectivity index (χ0n) is 12.5. The Kier molecular flexibility index (Phi) is 2.83. The zero-order valence-corrected chi connectivity index (χ0v) is 13.3. The first-order valence-corrected chi connectivity index (χ1v) is 10.0. The lowest BCUT2D eigenvalue weighted by Gasteiger charge is -2.60. The highest BCUT2D eigenvalue weighted by atomic mass is 32.2. The van der Waals surface area contributed by atoms with Crippen molar-refractivity contribution in [3.05, 3.63) is 0 Å². The predicted molar refractivity (Wildman–Crippen MR) is 83.7 cm³/mol. The third kappa shape index (κ3) is 1.86. The van der Waals surface area contributed by atoms with E-state index < -0.39 is 0 Å². The van der Waals surface area contributed by atoms with Crippen LogP contribution in [0.2, 0.25) is 0 Å². The van der Waals surface area contributed by atoms with Crippen molar-refractivity contribution in [3.8, 4) is 0 Å². The largest absolute Gasteiger partial charge is 0.389 e. The van der Waals surface area contributed by atoms with Gasteiger partial charge in [0, 0.05) is 10.5 Å². The fourth-order valence-corrected chi connectivity index (χ4v) is 9.15. The molecule has 0 aromatic heterocycles. The summed E-state index contributed by atoms with van der Waals surface area (Å²) in [6, 6.07) is 0. The van der Waals surface area contributed by atoms with Gasteiger partial charge >= 0.3 is 0 Å². The lowest BCUT2D eigenvalue weighted by atomic mass is 9.48. The normalized spacial score (nSPS) is 60.8. The predicted octanol–water partition coefficient (Wildman–Crippen LogP) is 4.24. The molecule has 2 unspecified atom stereocenters. The second-order valence-corrected chi connectivity index (χ2v) is 10.4. The van der Waals surface area contributed by atoms with Crippen molar-refractivity contribution < 1.29 is 5.11 Å². The zero-order chi connectivity index (χ0) is 13.3. The minimum absolute atomic E-state index is 0.274. The highest BCUT2D eigenvalue weighted by Crippen LogP contribution is 2.62. The topological polar surface area (TPSA) is 20.2 Å². The molecule has 6 fully saturated rings. The van der Waals surface area contributed by atoms with Gasteiger partial charge in [-0.3, -0.25) is 0 Å². The Hall–Kier alpha value is 0.310. The van der Waals surface area contributed by atoms with Gasteiger partial charge in [0.05, 0.1) is 5.60 Å². The molecule has 4 saturated carbocycles. The summed E-state index contributed by atoms with van der Waals surface area (Å²) >= 11 is 2.22. The van der Waals surface area contributed by atoms with E-state index in [2.05, 4.69) is 11.8 Å². The van der Waals surface area contributed by atoms with Gasteiger partial charge in [0.15, 0.2) is 0 Å². The minimum Gasteiger partial charge on any atom is -0.389 e. The number of hydrogen-bond acceptors (Lipinski definition) is 2. The Morgan fingerprint density at radius 2 is 1.35 bits per heavy atom. The molecule has 2 heteroatoms. The van der Waals surface area contributed by atoms with Crippen molar-refractivity contribution in [2.75, 3.05) is 0 Å². The lowest BCUT2D eigenvalue weighted by Crippen LogP contribution is -2.58. The summed E-state index contributed by atoms with van der Waals surface area (Å²) < 4.78 is 0. The van der Waals surface area contributed by atoms with Crippen LogP contribution < -0.4 is 0 Å². The molecule has 6 rings (SSSR count). The van der Waals surface area contributed by atoms with E-state index >= 15 is 0 Å². The van der Waals surface area contributed by atoms with E-state index in [-0.39, 0.29) is 5.60 Å². The van der Waals surface area contributed by atoms with Crippen LogP contribution in [-0.4, -0.2) is 21.2 Å².